The highest BCUT2D eigenvalue weighted by atomic mass is 32.2. The Morgan fingerprint density at radius 1 is 1.29 bits per heavy atom. The van der Waals surface area contributed by atoms with Gasteiger partial charge in [0.25, 0.3) is 0 Å². The SMILES string of the molecule is CC(COCCC(=O)OC(C)(C)C)NC1CC2(C1)CN(S(=O)(=O)c1ccccc1F)C2. The molecule has 1 unspecified atom stereocenters. The molecule has 2 fully saturated rings. The number of ether oxygens (including phenoxy) is 2. The van der Waals surface area contributed by atoms with Crippen LogP contribution in [-0.4, -0.2) is 62.7 Å². The summed E-state index contributed by atoms with van der Waals surface area (Å²) in [4.78, 5) is 11.4. The first kappa shape index (κ1) is 24.1. The molecule has 0 radical (unpaired) electrons. The van der Waals surface area contributed by atoms with Gasteiger partial charge in [0, 0.05) is 30.6 Å². The Morgan fingerprint density at radius 2 is 1.94 bits per heavy atom. The minimum absolute atomic E-state index is 0.00666. The Hall–Kier alpha value is -1.55. The van der Waals surface area contributed by atoms with Gasteiger partial charge in [-0.15, -0.1) is 0 Å². The van der Waals surface area contributed by atoms with E-state index in [0.29, 0.717) is 32.3 Å². The van der Waals surface area contributed by atoms with Crippen LogP contribution in [0.15, 0.2) is 29.2 Å². The van der Waals surface area contributed by atoms with Crippen molar-refractivity contribution in [2.75, 3.05) is 26.3 Å². The second kappa shape index (κ2) is 9.13. The lowest BCUT2D eigenvalue weighted by molar-refractivity contribution is -0.156. The summed E-state index contributed by atoms with van der Waals surface area (Å²) in [5, 5.41) is 3.49. The Balaban J connectivity index is 1.33. The van der Waals surface area contributed by atoms with Crippen LogP contribution in [0, 0.1) is 11.2 Å². The number of carbonyl (C=O) groups excluding carboxylic acids is 1. The van der Waals surface area contributed by atoms with Gasteiger partial charge >= 0.3 is 5.97 Å². The molecule has 1 aromatic rings. The molecule has 7 nitrogen and oxygen atoms in total. The molecule has 2 aliphatic rings. The van der Waals surface area contributed by atoms with E-state index in [0.717, 1.165) is 12.8 Å². The van der Waals surface area contributed by atoms with Crippen LogP contribution in [-0.2, 0) is 24.3 Å². The second-order valence-electron chi connectivity index (χ2n) is 9.79. The van der Waals surface area contributed by atoms with Gasteiger partial charge in [0.15, 0.2) is 0 Å². The van der Waals surface area contributed by atoms with E-state index in [1.165, 1.54) is 28.6 Å². The number of esters is 1. The molecule has 0 bridgehead atoms. The fourth-order valence-electron chi connectivity index (χ4n) is 4.29. The first-order chi connectivity index (χ1) is 14.4. The first-order valence-electron chi connectivity index (χ1n) is 10.7. The highest BCUT2D eigenvalue weighted by Gasteiger charge is 2.55. The standard InChI is InChI=1S/C22H33FN2O5S/c1-16(13-29-10-9-20(26)30-21(2,3)4)24-17-11-22(12-17)14-25(15-22)31(27,28)19-8-6-5-7-18(19)23/h5-8,16-17,24H,9-15H2,1-4H3. The summed E-state index contributed by atoms with van der Waals surface area (Å²) >= 11 is 0. The van der Waals surface area contributed by atoms with Crippen molar-refractivity contribution >= 4 is 16.0 Å². The van der Waals surface area contributed by atoms with Crippen molar-refractivity contribution in [3.63, 3.8) is 0 Å². The van der Waals surface area contributed by atoms with Crippen LogP contribution in [0.3, 0.4) is 0 Å². The lowest BCUT2D eigenvalue weighted by Crippen LogP contribution is -2.67. The molecule has 1 atom stereocenters. The zero-order valence-electron chi connectivity index (χ0n) is 18.7. The first-order valence-corrected chi connectivity index (χ1v) is 12.1. The fraction of sp³-hybridized carbons (Fsp3) is 0.682. The van der Waals surface area contributed by atoms with E-state index in [2.05, 4.69) is 5.32 Å². The van der Waals surface area contributed by atoms with Gasteiger partial charge < -0.3 is 14.8 Å². The highest BCUT2D eigenvalue weighted by molar-refractivity contribution is 7.89. The molecule has 0 aromatic heterocycles. The Morgan fingerprint density at radius 3 is 2.55 bits per heavy atom. The normalized spacial score (nSPS) is 20.2. The summed E-state index contributed by atoms with van der Waals surface area (Å²) in [7, 11) is -3.77. The van der Waals surface area contributed by atoms with Gasteiger partial charge in [-0.05, 0) is 52.7 Å². The van der Waals surface area contributed by atoms with Gasteiger partial charge in [0.2, 0.25) is 10.0 Å². The van der Waals surface area contributed by atoms with Crippen LogP contribution in [0.5, 0.6) is 0 Å². The van der Waals surface area contributed by atoms with E-state index in [1.807, 2.05) is 27.7 Å². The van der Waals surface area contributed by atoms with Crippen LogP contribution < -0.4 is 5.32 Å². The van der Waals surface area contributed by atoms with Crippen molar-refractivity contribution in [2.45, 2.75) is 69.5 Å². The Bertz CT molecular complexity index is 885. The number of halogens is 1. The molecule has 1 N–H and O–H groups in total. The minimum Gasteiger partial charge on any atom is -0.460 e. The lowest BCUT2D eigenvalue weighted by Gasteiger charge is -2.58. The summed E-state index contributed by atoms with van der Waals surface area (Å²) in [5.41, 5.74) is -0.495. The van der Waals surface area contributed by atoms with Crippen LogP contribution in [0.1, 0.15) is 47.0 Å². The highest BCUT2D eigenvalue weighted by Crippen LogP contribution is 2.50. The number of nitrogens with one attached hydrogen (secondary N) is 1. The summed E-state index contributed by atoms with van der Waals surface area (Å²) in [5.74, 6) is -0.981. The van der Waals surface area contributed by atoms with E-state index in [1.54, 1.807) is 0 Å². The maximum Gasteiger partial charge on any atom is 0.308 e. The quantitative estimate of drug-likeness (QED) is 0.454. The lowest BCUT2D eigenvalue weighted by atomic mass is 9.61. The minimum atomic E-state index is -3.77. The van der Waals surface area contributed by atoms with Gasteiger partial charge in [-0.25, -0.2) is 12.8 Å². The average molecular weight is 457 g/mol. The molecule has 0 amide bonds. The third-order valence-electron chi connectivity index (χ3n) is 5.60. The van der Waals surface area contributed by atoms with Crippen molar-refractivity contribution in [1.29, 1.82) is 0 Å². The van der Waals surface area contributed by atoms with Crippen molar-refractivity contribution in [2.24, 2.45) is 5.41 Å². The third-order valence-corrected chi connectivity index (χ3v) is 7.42. The van der Waals surface area contributed by atoms with Gasteiger partial charge in [0.1, 0.15) is 16.3 Å². The molecule has 1 aromatic carbocycles. The molecule has 1 aliphatic carbocycles. The van der Waals surface area contributed by atoms with E-state index in [9.17, 15) is 17.6 Å². The molecule has 174 valence electrons. The molecule has 1 spiro atoms. The summed E-state index contributed by atoms with van der Waals surface area (Å²) in [6.45, 7) is 9.19. The van der Waals surface area contributed by atoms with Gasteiger partial charge in [0.05, 0.1) is 19.6 Å². The number of rotatable bonds is 9. The molecule has 31 heavy (non-hydrogen) atoms. The van der Waals surface area contributed by atoms with Crippen molar-refractivity contribution in [1.82, 2.24) is 9.62 Å². The predicted octanol–water partition coefficient (Wildman–Crippen LogP) is 2.71. The molecule has 9 heteroatoms. The average Bonchev–Trinajstić information content (AvgIpc) is 2.58. The van der Waals surface area contributed by atoms with E-state index in [-0.39, 0.29) is 28.7 Å². The number of sulfonamides is 1. The molecule has 1 aliphatic heterocycles. The van der Waals surface area contributed by atoms with E-state index in [4.69, 9.17) is 9.47 Å². The van der Waals surface area contributed by atoms with Gasteiger partial charge in [-0.1, -0.05) is 12.1 Å². The molecular formula is C22H33FN2O5S. The van der Waals surface area contributed by atoms with E-state index >= 15 is 0 Å². The molecular weight excluding hydrogens is 423 g/mol. The zero-order valence-corrected chi connectivity index (χ0v) is 19.5. The number of hydrogen-bond acceptors (Lipinski definition) is 6. The maximum absolute atomic E-state index is 13.9. The number of carbonyl (C=O) groups is 1. The monoisotopic (exact) mass is 456 g/mol. The molecule has 1 heterocycles. The topological polar surface area (TPSA) is 84.9 Å². The summed E-state index contributed by atoms with van der Waals surface area (Å²) < 4.78 is 51.3. The summed E-state index contributed by atoms with van der Waals surface area (Å²) in [6.07, 6.45) is 2.00. The Labute approximate surface area is 184 Å². The third kappa shape index (κ3) is 6.03. The van der Waals surface area contributed by atoms with Crippen LogP contribution in [0.4, 0.5) is 4.39 Å². The maximum atomic E-state index is 13.9. The summed E-state index contributed by atoms with van der Waals surface area (Å²) in [6, 6.07) is 5.93. The molecule has 3 rings (SSSR count). The van der Waals surface area contributed by atoms with Crippen LogP contribution >= 0.6 is 0 Å². The zero-order chi connectivity index (χ0) is 22.9. The predicted molar refractivity (Wildman–Crippen MR) is 114 cm³/mol. The van der Waals surface area contributed by atoms with Crippen molar-refractivity contribution < 1.29 is 27.1 Å². The molecule has 1 saturated heterocycles. The molecule has 1 saturated carbocycles. The number of benzene rings is 1. The van der Waals surface area contributed by atoms with Crippen molar-refractivity contribution in [3.8, 4) is 0 Å². The largest absolute Gasteiger partial charge is 0.460 e. The second-order valence-corrected chi connectivity index (χ2v) is 11.7. The fourth-order valence-corrected chi connectivity index (χ4v) is 6.02. The van der Waals surface area contributed by atoms with Gasteiger partial charge in [-0.2, -0.15) is 4.31 Å². The smallest absolute Gasteiger partial charge is 0.308 e. The van der Waals surface area contributed by atoms with Crippen LogP contribution in [0.2, 0.25) is 0 Å². The number of nitrogens with zero attached hydrogens (tertiary/aromatic N) is 1. The number of hydrogen-bond donors (Lipinski definition) is 1. The van der Waals surface area contributed by atoms with E-state index < -0.39 is 21.4 Å². The van der Waals surface area contributed by atoms with Crippen LogP contribution in [0.25, 0.3) is 0 Å². The Kier molecular flexibility index (Phi) is 7.10. The van der Waals surface area contributed by atoms with Gasteiger partial charge in [-0.3, -0.25) is 4.79 Å². The van der Waals surface area contributed by atoms with Crippen molar-refractivity contribution in [3.05, 3.63) is 30.1 Å².